The molecule has 24 heavy (non-hydrogen) atoms. The van der Waals surface area contributed by atoms with Crippen molar-refractivity contribution in [2.45, 2.75) is 19.4 Å². The van der Waals surface area contributed by atoms with Crippen molar-refractivity contribution in [2.75, 3.05) is 56.2 Å². The zero-order valence-electron chi connectivity index (χ0n) is 14.4. The third-order valence-corrected chi connectivity index (χ3v) is 5.86. The molecule has 2 aliphatic rings. The monoisotopic (exact) mass is 349 g/mol. The number of hydrogen-bond acceptors (Lipinski definition) is 4. The average Bonchev–Trinajstić information content (AvgIpc) is 2.83. The molecule has 1 aromatic carbocycles. The van der Waals surface area contributed by atoms with Crippen molar-refractivity contribution >= 4 is 23.5 Å². The summed E-state index contributed by atoms with van der Waals surface area (Å²) in [6, 6.07) is 8.25. The largest absolute Gasteiger partial charge is 0.379 e. The standard InChI is InChI=1S/C18H27N3O2S/c1-15-5-2-3-6-17(15)19-18(22)21-7-4-12-24-14-16(21)13-20-8-10-23-11-9-20/h2-3,5-6,16H,4,7-14H2,1H3,(H,19,22)/t16-/m1/s1. The normalized spacial score (nSPS) is 22.9. The van der Waals surface area contributed by atoms with Crippen LogP contribution in [0.5, 0.6) is 0 Å². The van der Waals surface area contributed by atoms with Crippen molar-refractivity contribution in [3.05, 3.63) is 29.8 Å². The van der Waals surface area contributed by atoms with E-state index in [1.54, 1.807) is 0 Å². The third kappa shape index (κ3) is 4.65. The van der Waals surface area contributed by atoms with Crippen molar-refractivity contribution < 1.29 is 9.53 Å². The van der Waals surface area contributed by atoms with Crippen LogP contribution in [0.15, 0.2) is 24.3 Å². The number of nitrogens with zero attached hydrogens (tertiary/aromatic N) is 2. The van der Waals surface area contributed by atoms with Gasteiger partial charge >= 0.3 is 6.03 Å². The first-order chi connectivity index (χ1) is 11.7. The van der Waals surface area contributed by atoms with Gasteiger partial charge in [-0.3, -0.25) is 4.90 Å². The summed E-state index contributed by atoms with van der Waals surface area (Å²) >= 11 is 1.96. The van der Waals surface area contributed by atoms with Gasteiger partial charge in [-0.1, -0.05) is 18.2 Å². The molecule has 0 aromatic heterocycles. The minimum Gasteiger partial charge on any atom is -0.379 e. The molecule has 1 atom stereocenters. The molecule has 0 spiro atoms. The Hall–Kier alpha value is -1.24. The zero-order chi connectivity index (χ0) is 16.8. The lowest BCUT2D eigenvalue weighted by molar-refractivity contribution is 0.0288. The first kappa shape index (κ1) is 17.6. The van der Waals surface area contributed by atoms with Crippen LogP contribution in [0.25, 0.3) is 0 Å². The van der Waals surface area contributed by atoms with E-state index in [0.29, 0.717) is 0 Å². The zero-order valence-corrected chi connectivity index (χ0v) is 15.2. The summed E-state index contributed by atoms with van der Waals surface area (Å²) in [6.45, 7) is 7.34. The van der Waals surface area contributed by atoms with E-state index in [1.807, 2.05) is 47.9 Å². The van der Waals surface area contributed by atoms with E-state index in [1.165, 1.54) is 0 Å². The molecule has 0 aliphatic carbocycles. The number of amides is 2. The van der Waals surface area contributed by atoms with Crippen LogP contribution in [0.2, 0.25) is 0 Å². The van der Waals surface area contributed by atoms with Gasteiger partial charge in [-0.15, -0.1) is 0 Å². The Morgan fingerprint density at radius 3 is 2.88 bits per heavy atom. The van der Waals surface area contributed by atoms with Crippen LogP contribution in [0.3, 0.4) is 0 Å². The summed E-state index contributed by atoms with van der Waals surface area (Å²) in [4.78, 5) is 17.4. The molecule has 2 fully saturated rings. The molecule has 5 nitrogen and oxygen atoms in total. The lowest BCUT2D eigenvalue weighted by Gasteiger charge is -2.35. The molecule has 6 heteroatoms. The van der Waals surface area contributed by atoms with Gasteiger partial charge in [-0.05, 0) is 30.7 Å². The maximum Gasteiger partial charge on any atom is 0.322 e. The van der Waals surface area contributed by atoms with Crippen molar-refractivity contribution in [2.24, 2.45) is 0 Å². The molecule has 132 valence electrons. The van der Waals surface area contributed by atoms with Crippen LogP contribution < -0.4 is 5.32 Å². The van der Waals surface area contributed by atoms with E-state index >= 15 is 0 Å². The Bertz CT molecular complexity index is 549. The van der Waals surface area contributed by atoms with E-state index < -0.39 is 0 Å². The number of anilines is 1. The van der Waals surface area contributed by atoms with Crippen molar-refractivity contribution in [1.82, 2.24) is 9.80 Å². The molecule has 2 aliphatic heterocycles. The maximum absolute atomic E-state index is 12.9. The van der Waals surface area contributed by atoms with Gasteiger partial charge in [-0.25, -0.2) is 4.79 Å². The molecule has 0 saturated carbocycles. The molecule has 2 heterocycles. The highest BCUT2D eigenvalue weighted by Gasteiger charge is 2.28. The number of carbonyl (C=O) groups excluding carboxylic acids is 1. The second kappa shape index (κ2) is 8.74. The highest BCUT2D eigenvalue weighted by Crippen LogP contribution is 2.20. The highest BCUT2D eigenvalue weighted by molar-refractivity contribution is 7.99. The van der Waals surface area contributed by atoms with Gasteiger partial charge in [0.25, 0.3) is 0 Å². The SMILES string of the molecule is Cc1ccccc1NC(=O)N1CCCSC[C@H]1CN1CCOCC1. The first-order valence-electron chi connectivity index (χ1n) is 8.75. The minimum absolute atomic E-state index is 0.0325. The Morgan fingerprint density at radius 1 is 1.29 bits per heavy atom. The van der Waals surface area contributed by atoms with E-state index in [-0.39, 0.29) is 12.1 Å². The van der Waals surface area contributed by atoms with Gasteiger partial charge in [0, 0.05) is 37.6 Å². The number of carbonyl (C=O) groups is 1. The lowest BCUT2D eigenvalue weighted by atomic mass is 10.2. The molecular formula is C18H27N3O2S. The minimum atomic E-state index is 0.0325. The van der Waals surface area contributed by atoms with Crippen LogP contribution >= 0.6 is 11.8 Å². The summed E-state index contributed by atoms with van der Waals surface area (Å²) in [5.41, 5.74) is 2.00. The molecule has 3 rings (SSSR count). The summed E-state index contributed by atoms with van der Waals surface area (Å²) in [7, 11) is 0. The van der Waals surface area contributed by atoms with Gasteiger partial charge in [0.05, 0.1) is 19.3 Å². The quantitative estimate of drug-likeness (QED) is 0.911. The Morgan fingerprint density at radius 2 is 2.08 bits per heavy atom. The number of nitrogens with one attached hydrogen (secondary N) is 1. The van der Waals surface area contributed by atoms with Gasteiger partial charge in [-0.2, -0.15) is 11.8 Å². The van der Waals surface area contributed by atoms with Crippen LogP contribution in [0.4, 0.5) is 10.5 Å². The maximum atomic E-state index is 12.9. The van der Waals surface area contributed by atoms with Crippen molar-refractivity contribution in [3.63, 3.8) is 0 Å². The number of rotatable bonds is 3. The molecule has 0 bridgehead atoms. The third-order valence-electron chi connectivity index (χ3n) is 4.66. The van der Waals surface area contributed by atoms with E-state index in [4.69, 9.17) is 4.74 Å². The first-order valence-corrected chi connectivity index (χ1v) is 9.90. The highest BCUT2D eigenvalue weighted by atomic mass is 32.2. The molecule has 0 unspecified atom stereocenters. The average molecular weight is 350 g/mol. The van der Waals surface area contributed by atoms with Crippen molar-refractivity contribution in [1.29, 1.82) is 0 Å². The number of thioether (sulfide) groups is 1. The van der Waals surface area contributed by atoms with Crippen LogP contribution in [-0.4, -0.2) is 72.8 Å². The van der Waals surface area contributed by atoms with Gasteiger partial charge in [0.1, 0.15) is 0 Å². The number of urea groups is 1. The predicted octanol–water partition coefficient (Wildman–Crippen LogP) is 2.67. The number of morpholine rings is 1. The second-order valence-electron chi connectivity index (χ2n) is 6.43. The summed E-state index contributed by atoms with van der Waals surface area (Å²) in [6.07, 6.45) is 1.06. The molecule has 2 amide bonds. The molecule has 0 radical (unpaired) electrons. The van der Waals surface area contributed by atoms with Crippen LogP contribution in [0.1, 0.15) is 12.0 Å². The molecule has 2 saturated heterocycles. The number of ether oxygens (including phenoxy) is 1. The Kier molecular flexibility index (Phi) is 6.40. The number of benzene rings is 1. The number of aryl methyl sites for hydroxylation is 1. The summed E-state index contributed by atoms with van der Waals surface area (Å²) in [5.74, 6) is 2.15. The second-order valence-corrected chi connectivity index (χ2v) is 7.58. The van der Waals surface area contributed by atoms with E-state index in [9.17, 15) is 4.79 Å². The van der Waals surface area contributed by atoms with Gasteiger partial charge in [0.15, 0.2) is 0 Å². The Labute approximate surface area is 148 Å². The lowest BCUT2D eigenvalue weighted by Crippen LogP contribution is -2.51. The number of hydrogen-bond donors (Lipinski definition) is 1. The van der Waals surface area contributed by atoms with Gasteiger partial charge in [0.2, 0.25) is 0 Å². The van der Waals surface area contributed by atoms with E-state index in [2.05, 4.69) is 10.2 Å². The smallest absolute Gasteiger partial charge is 0.322 e. The van der Waals surface area contributed by atoms with Crippen molar-refractivity contribution in [3.8, 4) is 0 Å². The fraction of sp³-hybridized carbons (Fsp3) is 0.611. The van der Waals surface area contributed by atoms with Crippen LogP contribution in [-0.2, 0) is 4.74 Å². The fourth-order valence-corrected chi connectivity index (χ4v) is 4.29. The molecule has 1 aromatic rings. The fourth-order valence-electron chi connectivity index (χ4n) is 3.23. The topological polar surface area (TPSA) is 44.8 Å². The summed E-state index contributed by atoms with van der Waals surface area (Å²) < 4.78 is 5.44. The molecular weight excluding hydrogens is 322 g/mol. The summed E-state index contributed by atoms with van der Waals surface area (Å²) in [5, 5.41) is 3.11. The van der Waals surface area contributed by atoms with E-state index in [0.717, 1.165) is 68.6 Å². The Balaban J connectivity index is 1.66. The van der Waals surface area contributed by atoms with Gasteiger partial charge < -0.3 is 15.0 Å². The number of para-hydroxylation sites is 1. The van der Waals surface area contributed by atoms with Crippen LogP contribution in [0, 0.1) is 6.92 Å². The molecule has 1 N–H and O–H groups in total. The predicted molar refractivity (Wildman–Crippen MR) is 99.9 cm³/mol.